The number of hydrogen-bond donors (Lipinski definition) is 1. The molecule has 0 aliphatic rings. The lowest BCUT2D eigenvalue weighted by Crippen LogP contribution is -2.17. The summed E-state index contributed by atoms with van der Waals surface area (Å²) in [6.45, 7) is 0. The van der Waals surface area contributed by atoms with Crippen LogP contribution in [0.5, 0.6) is 0 Å². The molecule has 26 heavy (non-hydrogen) atoms. The largest absolute Gasteiger partial charge is 0.455 e. The number of aromatic nitrogens is 1. The summed E-state index contributed by atoms with van der Waals surface area (Å²) in [4.78, 5) is 26.1. The Labute approximate surface area is 152 Å². The molecule has 0 saturated carbocycles. The van der Waals surface area contributed by atoms with Crippen molar-refractivity contribution in [2.24, 2.45) is 5.10 Å². The molecule has 0 saturated heterocycles. The Bertz CT molecular complexity index is 985. The molecule has 1 amide bonds. The van der Waals surface area contributed by atoms with Gasteiger partial charge >= 0.3 is 0 Å². The van der Waals surface area contributed by atoms with Crippen LogP contribution in [0.1, 0.15) is 16.1 Å². The van der Waals surface area contributed by atoms with Crippen molar-refractivity contribution in [3.05, 3.63) is 81.3 Å². The molecule has 0 radical (unpaired) electrons. The van der Waals surface area contributed by atoms with Crippen molar-refractivity contribution < 1.29 is 14.1 Å². The SMILES string of the molecule is O=C(NN=Cc1ccc(-c2cc([N+](=O)[O-])ccc2Cl)o1)c1cccnc1. The van der Waals surface area contributed by atoms with Crippen LogP contribution in [0.3, 0.4) is 0 Å². The molecule has 0 spiro atoms. The minimum absolute atomic E-state index is 0.0975. The lowest BCUT2D eigenvalue weighted by molar-refractivity contribution is -0.384. The Balaban J connectivity index is 1.73. The molecule has 0 unspecified atom stereocenters. The second kappa shape index (κ2) is 7.58. The summed E-state index contributed by atoms with van der Waals surface area (Å²) in [5, 5.41) is 15.0. The van der Waals surface area contributed by atoms with Gasteiger partial charge in [-0.1, -0.05) is 11.6 Å². The third-order valence-electron chi connectivity index (χ3n) is 3.33. The molecule has 0 aliphatic carbocycles. The van der Waals surface area contributed by atoms with Gasteiger partial charge in [-0.05, 0) is 30.3 Å². The standard InChI is InChI=1S/C17H11ClN4O4/c18-15-5-3-12(22(24)25)8-14(15)16-6-4-13(26-16)10-20-21-17(23)11-2-1-7-19-9-11/h1-10H,(H,21,23). The highest BCUT2D eigenvalue weighted by Gasteiger charge is 2.14. The first kappa shape index (κ1) is 17.3. The maximum Gasteiger partial charge on any atom is 0.272 e. The molecular formula is C17H11ClN4O4. The third kappa shape index (κ3) is 3.93. The zero-order chi connectivity index (χ0) is 18.5. The maximum atomic E-state index is 11.8. The highest BCUT2D eigenvalue weighted by atomic mass is 35.5. The van der Waals surface area contributed by atoms with Gasteiger partial charge in [0.25, 0.3) is 11.6 Å². The highest BCUT2D eigenvalue weighted by molar-refractivity contribution is 6.33. The van der Waals surface area contributed by atoms with Crippen LogP contribution in [0.25, 0.3) is 11.3 Å². The van der Waals surface area contributed by atoms with Crippen molar-refractivity contribution in [2.75, 3.05) is 0 Å². The first-order chi connectivity index (χ1) is 12.5. The lowest BCUT2D eigenvalue weighted by atomic mass is 10.1. The molecule has 0 atom stereocenters. The second-order valence-electron chi connectivity index (χ2n) is 5.06. The van der Waals surface area contributed by atoms with E-state index in [1.54, 1.807) is 30.5 Å². The van der Waals surface area contributed by atoms with E-state index in [2.05, 4.69) is 15.5 Å². The fourth-order valence-corrected chi connectivity index (χ4v) is 2.31. The predicted octanol–water partition coefficient (Wildman–Crippen LogP) is 3.67. The summed E-state index contributed by atoms with van der Waals surface area (Å²) >= 11 is 6.08. The minimum atomic E-state index is -0.515. The number of hydrogen-bond acceptors (Lipinski definition) is 6. The number of hydrazone groups is 1. The van der Waals surface area contributed by atoms with Crippen molar-refractivity contribution in [1.29, 1.82) is 0 Å². The van der Waals surface area contributed by atoms with Crippen LogP contribution >= 0.6 is 11.6 Å². The van der Waals surface area contributed by atoms with Gasteiger partial charge < -0.3 is 4.42 Å². The predicted molar refractivity (Wildman–Crippen MR) is 95.1 cm³/mol. The van der Waals surface area contributed by atoms with Crippen LogP contribution in [0.15, 0.2) is 64.4 Å². The van der Waals surface area contributed by atoms with E-state index >= 15 is 0 Å². The van der Waals surface area contributed by atoms with E-state index in [0.29, 0.717) is 27.7 Å². The summed E-state index contributed by atoms with van der Waals surface area (Å²) in [5.41, 5.74) is 3.01. The fraction of sp³-hybridized carbons (Fsp3) is 0. The van der Waals surface area contributed by atoms with Gasteiger partial charge in [0.1, 0.15) is 11.5 Å². The zero-order valence-corrected chi connectivity index (χ0v) is 13.9. The average molecular weight is 371 g/mol. The molecule has 2 aromatic heterocycles. The normalized spacial score (nSPS) is 10.8. The Morgan fingerprint density at radius 1 is 1.31 bits per heavy atom. The fourth-order valence-electron chi connectivity index (χ4n) is 2.10. The molecule has 2 heterocycles. The first-order valence-electron chi connectivity index (χ1n) is 7.32. The Morgan fingerprint density at radius 2 is 2.15 bits per heavy atom. The number of nitro benzene ring substituents is 1. The van der Waals surface area contributed by atoms with Crippen molar-refractivity contribution in [1.82, 2.24) is 10.4 Å². The Morgan fingerprint density at radius 3 is 2.88 bits per heavy atom. The molecule has 0 bridgehead atoms. The van der Waals surface area contributed by atoms with Crippen molar-refractivity contribution >= 4 is 29.4 Å². The number of benzene rings is 1. The van der Waals surface area contributed by atoms with Crippen LogP contribution in [0.2, 0.25) is 5.02 Å². The molecule has 130 valence electrons. The van der Waals surface area contributed by atoms with Crippen LogP contribution in [0.4, 0.5) is 5.69 Å². The average Bonchev–Trinajstić information content (AvgIpc) is 3.11. The van der Waals surface area contributed by atoms with E-state index in [9.17, 15) is 14.9 Å². The number of furan rings is 1. The lowest BCUT2D eigenvalue weighted by Gasteiger charge is -2.00. The topological polar surface area (TPSA) is 111 Å². The van der Waals surface area contributed by atoms with Gasteiger partial charge in [-0.15, -0.1) is 0 Å². The van der Waals surface area contributed by atoms with E-state index in [4.69, 9.17) is 16.0 Å². The number of non-ortho nitro benzene ring substituents is 1. The van der Waals surface area contributed by atoms with Gasteiger partial charge in [-0.2, -0.15) is 5.10 Å². The number of nitro groups is 1. The number of nitrogens with one attached hydrogen (secondary N) is 1. The van der Waals surface area contributed by atoms with Crippen molar-refractivity contribution in [2.45, 2.75) is 0 Å². The van der Waals surface area contributed by atoms with E-state index in [1.807, 2.05) is 0 Å². The van der Waals surface area contributed by atoms with E-state index < -0.39 is 10.8 Å². The first-order valence-corrected chi connectivity index (χ1v) is 7.70. The molecule has 1 N–H and O–H groups in total. The van der Waals surface area contributed by atoms with Crippen LogP contribution in [0, 0.1) is 10.1 Å². The molecule has 3 aromatic rings. The molecule has 3 rings (SSSR count). The molecule has 8 nitrogen and oxygen atoms in total. The number of halogens is 1. The summed E-state index contributed by atoms with van der Waals surface area (Å²) in [7, 11) is 0. The van der Waals surface area contributed by atoms with Crippen molar-refractivity contribution in [3.8, 4) is 11.3 Å². The van der Waals surface area contributed by atoms with Crippen LogP contribution < -0.4 is 5.43 Å². The third-order valence-corrected chi connectivity index (χ3v) is 3.66. The Kier molecular flexibility index (Phi) is 5.04. The number of pyridine rings is 1. The molecule has 0 aliphatic heterocycles. The molecule has 9 heteroatoms. The van der Waals surface area contributed by atoms with Gasteiger partial charge in [-0.3, -0.25) is 19.9 Å². The summed E-state index contributed by atoms with van der Waals surface area (Å²) in [6, 6.07) is 10.5. The summed E-state index contributed by atoms with van der Waals surface area (Å²) in [5.74, 6) is 0.274. The monoisotopic (exact) mass is 370 g/mol. The smallest absolute Gasteiger partial charge is 0.272 e. The number of nitrogens with zero attached hydrogens (tertiary/aromatic N) is 3. The van der Waals surface area contributed by atoms with E-state index in [0.717, 1.165) is 0 Å². The summed E-state index contributed by atoms with van der Waals surface area (Å²) < 4.78 is 5.55. The van der Waals surface area contributed by atoms with Crippen molar-refractivity contribution in [3.63, 3.8) is 0 Å². The van der Waals surface area contributed by atoms with Gasteiger partial charge in [0.05, 0.1) is 21.7 Å². The molecular weight excluding hydrogens is 360 g/mol. The quantitative estimate of drug-likeness (QED) is 0.418. The zero-order valence-electron chi connectivity index (χ0n) is 13.1. The Hall–Kier alpha value is -3.52. The summed E-state index contributed by atoms with van der Waals surface area (Å²) in [6.07, 6.45) is 4.28. The number of carbonyl (C=O) groups is 1. The van der Waals surface area contributed by atoms with Gasteiger partial charge in [-0.25, -0.2) is 5.43 Å². The van der Waals surface area contributed by atoms with Crippen LogP contribution in [-0.2, 0) is 0 Å². The second-order valence-corrected chi connectivity index (χ2v) is 5.47. The van der Waals surface area contributed by atoms with Gasteiger partial charge in [0, 0.05) is 30.1 Å². The van der Waals surface area contributed by atoms with E-state index in [-0.39, 0.29) is 5.69 Å². The molecule has 1 aromatic carbocycles. The van der Waals surface area contributed by atoms with E-state index in [1.165, 1.54) is 30.6 Å². The van der Waals surface area contributed by atoms with Gasteiger partial charge in [0.15, 0.2) is 0 Å². The van der Waals surface area contributed by atoms with Gasteiger partial charge in [0.2, 0.25) is 0 Å². The highest BCUT2D eigenvalue weighted by Crippen LogP contribution is 2.32. The van der Waals surface area contributed by atoms with Crippen LogP contribution in [-0.4, -0.2) is 22.0 Å². The number of carbonyl (C=O) groups excluding carboxylic acids is 1. The number of amides is 1. The molecule has 0 fully saturated rings. The maximum absolute atomic E-state index is 11.8. The number of rotatable bonds is 5. The minimum Gasteiger partial charge on any atom is -0.455 e.